The first-order chi connectivity index (χ1) is 9.54. The Hall–Kier alpha value is -0.610. The molecule has 0 bridgehead atoms. The van der Waals surface area contributed by atoms with Crippen molar-refractivity contribution in [1.82, 2.24) is 4.90 Å². The largest absolute Gasteiger partial charge is 0.396 e. The molecule has 2 rings (SSSR count). The van der Waals surface area contributed by atoms with Crippen LogP contribution in [0.1, 0.15) is 52.4 Å². The second-order valence-corrected chi connectivity index (χ2v) is 6.89. The van der Waals surface area contributed by atoms with E-state index in [1.165, 1.54) is 6.42 Å². The Morgan fingerprint density at radius 2 is 1.95 bits per heavy atom. The molecule has 2 fully saturated rings. The van der Waals surface area contributed by atoms with Gasteiger partial charge in [-0.2, -0.15) is 0 Å². The molecule has 20 heavy (non-hydrogen) atoms. The first-order valence-electron chi connectivity index (χ1n) is 8.21. The van der Waals surface area contributed by atoms with E-state index in [0.29, 0.717) is 30.8 Å². The van der Waals surface area contributed by atoms with Crippen molar-refractivity contribution >= 4 is 5.91 Å². The van der Waals surface area contributed by atoms with Gasteiger partial charge in [-0.25, -0.2) is 0 Å². The second kappa shape index (κ2) is 6.90. The zero-order valence-corrected chi connectivity index (χ0v) is 12.9. The summed E-state index contributed by atoms with van der Waals surface area (Å²) in [6.45, 7) is 5.24. The van der Waals surface area contributed by atoms with Crippen molar-refractivity contribution in [2.24, 2.45) is 23.5 Å². The molecule has 2 saturated carbocycles. The van der Waals surface area contributed by atoms with Gasteiger partial charge in [0.15, 0.2) is 0 Å². The molecule has 4 atom stereocenters. The summed E-state index contributed by atoms with van der Waals surface area (Å²) >= 11 is 0. The van der Waals surface area contributed by atoms with Crippen LogP contribution >= 0.6 is 0 Å². The van der Waals surface area contributed by atoms with E-state index in [0.717, 1.165) is 25.7 Å². The Bertz CT molecular complexity index is 326. The molecule has 1 amide bonds. The van der Waals surface area contributed by atoms with Crippen molar-refractivity contribution < 1.29 is 9.90 Å². The van der Waals surface area contributed by atoms with Crippen LogP contribution in [0, 0.1) is 17.8 Å². The number of aliphatic hydroxyl groups excluding tert-OH is 1. The van der Waals surface area contributed by atoms with Crippen LogP contribution in [-0.2, 0) is 4.79 Å². The van der Waals surface area contributed by atoms with Crippen LogP contribution in [0.5, 0.6) is 0 Å². The lowest BCUT2D eigenvalue weighted by atomic mass is 9.72. The van der Waals surface area contributed by atoms with Crippen molar-refractivity contribution in [2.75, 3.05) is 13.2 Å². The molecule has 4 nitrogen and oxygen atoms in total. The highest BCUT2D eigenvalue weighted by molar-refractivity contribution is 5.79. The van der Waals surface area contributed by atoms with Gasteiger partial charge in [-0.3, -0.25) is 4.79 Å². The molecular formula is C16H30N2O2. The van der Waals surface area contributed by atoms with Crippen LogP contribution in [0.3, 0.4) is 0 Å². The summed E-state index contributed by atoms with van der Waals surface area (Å²) in [4.78, 5) is 14.9. The minimum Gasteiger partial charge on any atom is -0.396 e. The van der Waals surface area contributed by atoms with Crippen molar-refractivity contribution in [1.29, 1.82) is 0 Å². The summed E-state index contributed by atoms with van der Waals surface area (Å²) in [5.41, 5.74) is 6.18. The highest BCUT2D eigenvalue weighted by Crippen LogP contribution is 2.36. The first-order valence-corrected chi connectivity index (χ1v) is 8.21. The lowest BCUT2D eigenvalue weighted by Gasteiger charge is -2.43. The number of nitrogens with zero attached hydrogens (tertiary/aromatic N) is 1. The fourth-order valence-electron chi connectivity index (χ4n) is 3.65. The summed E-state index contributed by atoms with van der Waals surface area (Å²) in [5.74, 6) is 1.32. The molecular weight excluding hydrogens is 252 g/mol. The molecule has 0 aliphatic heterocycles. The van der Waals surface area contributed by atoms with Crippen molar-refractivity contribution in [2.45, 2.75) is 64.5 Å². The molecule has 116 valence electrons. The molecule has 2 aliphatic rings. The van der Waals surface area contributed by atoms with Crippen molar-refractivity contribution in [3.63, 3.8) is 0 Å². The van der Waals surface area contributed by atoms with Crippen LogP contribution in [-0.4, -0.2) is 41.1 Å². The van der Waals surface area contributed by atoms with Gasteiger partial charge in [0.05, 0.1) is 0 Å². The Kier molecular flexibility index (Phi) is 5.44. The number of carbonyl (C=O) groups is 1. The topological polar surface area (TPSA) is 66.6 Å². The normalized spacial score (nSPS) is 34.6. The second-order valence-electron chi connectivity index (χ2n) is 6.89. The molecule has 0 saturated heterocycles. The van der Waals surface area contributed by atoms with Gasteiger partial charge in [-0.1, -0.05) is 13.8 Å². The molecule has 4 heteroatoms. The maximum atomic E-state index is 12.9. The summed E-state index contributed by atoms with van der Waals surface area (Å²) < 4.78 is 0. The van der Waals surface area contributed by atoms with Crippen LogP contribution in [0.2, 0.25) is 0 Å². The highest BCUT2D eigenvalue weighted by atomic mass is 16.3. The Balaban J connectivity index is 2.01. The van der Waals surface area contributed by atoms with Crippen molar-refractivity contribution in [3.8, 4) is 0 Å². The SMILES string of the molecule is CC1CC(C)C(C(=O)N(CCCO)C2CCC2)CC1N. The van der Waals surface area contributed by atoms with Gasteiger partial charge in [0.25, 0.3) is 0 Å². The molecule has 0 aromatic carbocycles. The van der Waals surface area contributed by atoms with Crippen LogP contribution in [0.15, 0.2) is 0 Å². The first kappa shape index (κ1) is 15.8. The third-order valence-electron chi connectivity index (χ3n) is 5.36. The van der Waals surface area contributed by atoms with E-state index < -0.39 is 0 Å². The predicted molar refractivity (Wildman–Crippen MR) is 80.1 cm³/mol. The van der Waals surface area contributed by atoms with E-state index in [-0.39, 0.29) is 24.5 Å². The minimum atomic E-state index is 0.0838. The van der Waals surface area contributed by atoms with Gasteiger partial charge in [0.2, 0.25) is 5.91 Å². The van der Waals surface area contributed by atoms with Gasteiger partial charge < -0.3 is 15.7 Å². The lowest BCUT2D eigenvalue weighted by Crippen LogP contribution is -2.51. The molecule has 0 aromatic rings. The number of rotatable bonds is 5. The van der Waals surface area contributed by atoms with Crippen LogP contribution < -0.4 is 5.73 Å². The zero-order valence-electron chi connectivity index (χ0n) is 12.9. The standard InChI is InChI=1S/C16H30N2O2/c1-11-9-12(2)15(17)10-14(11)16(20)18(7-4-8-19)13-5-3-6-13/h11-15,19H,3-10,17H2,1-2H3. The number of hydrogen-bond acceptors (Lipinski definition) is 3. The lowest BCUT2D eigenvalue weighted by molar-refractivity contribution is -0.143. The monoisotopic (exact) mass is 282 g/mol. The molecule has 0 spiro atoms. The van der Waals surface area contributed by atoms with Crippen LogP contribution in [0.25, 0.3) is 0 Å². The summed E-state index contributed by atoms with van der Waals surface area (Å²) in [7, 11) is 0. The highest BCUT2D eigenvalue weighted by Gasteiger charge is 2.39. The molecule has 2 aliphatic carbocycles. The van der Waals surface area contributed by atoms with Gasteiger partial charge in [-0.05, 0) is 50.4 Å². The Morgan fingerprint density at radius 3 is 2.50 bits per heavy atom. The number of hydrogen-bond donors (Lipinski definition) is 2. The van der Waals surface area contributed by atoms with Crippen LogP contribution in [0.4, 0.5) is 0 Å². The molecule has 3 N–H and O–H groups in total. The average molecular weight is 282 g/mol. The average Bonchev–Trinajstić information content (AvgIpc) is 2.35. The number of nitrogens with two attached hydrogens (primary N) is 1. The Labute approximate surface area is 122 Å². The predicted octanol–water partition coefficient (Wildman–Crippen LogP) is 1.76. The zero-order chi connectivity index (χ0) is 14.7. The molecule has 4 unspecified atom stereocenters. The molecule has 0 radical (unpaired) electrons. The summed E-state index contributed by atoms with van der Waals surface area (Å²) in [5, 5.41) is 9.05. The third kappa shape index (κ3) is 3.34. The van der Waals surface area contributed by atoms with E-state index in [1.54, 1.807) is 0 Å². The minimum absolute atomic E-state index is 0.0838. The quantitative estimate of drug-likeness (QED) is 0.807. The maximum Gasteiger partial charge on any atom is 0.226 e. The number of carbonyl (C=O) groups excluding carboxylic acids is 1. The van der Waals surface area contributed by atoms with E-state index in [2.05, 4.69) is 13.8 Å². The van der Waals surface area contributed by atoms with E-state index in [1.807, 2.05) is 4.90 Å². The number of amides is 1. The number of aliphatic hydroxyl groups is 1. The van der Waals surface area contributed by atoms with Gasteiger partial charge >= 0.3 is 0 Å². The van der Waals surface area contributed by atoms with E-state index in [9.17, 15) is 4.79 Å². The van der Waals surface area contributed by atoms with Gasteiger partial charge in [0, 0.05) is 31.2 Å². The molecule has 0 heterocycles. The maximum absolute atomic E-state index is 12.9. The smallest absolute Gasteiger partial charge is 0.226 e. The van der Waals surface area contributed by atoms with E-state index in [4.69, 9.17) is 10.8 Å². The van der Waals surface area contributed by atoms with Gasteiger partial charge in [0.1, 0.15) is 0 Å². The Morgan fingerprint density at radius 1 is 1.25 bits per heavy atom. The molecule has 0 aromatic heterocycles. The summed E-state index contributed by atoms with van der Waals surface area (Å²) in [6.07, 6.45) is 6.04. The summed E-state index contributed by atoms with van der Waals surface area (Å²) in [6, 6.07) is 0.568. The van der Waals surface area contributed by atoms with E-state index >= 15 is 0 Å². The fraction of sp³-hybridized carbons (Fsp3) is 0.938. The third-order valence-corrected chi connectivity index (χ3v) is 5.36. The van der Waals surface area contributed by atoms with Crippen molar-refractivity contribution in [3.05, 3.63) is 0 Å². The van der Waals surface area contributed by atoms with Gasteiger partial charge in [-0.15, -0.1) is 0 Å². The fourth-order valence-corrected chi connectivity index (χ4v) is 3.65.